The highest BCUT2D eigenvalue weighted by Gasteiger charge is 2.31. The van der Waals surface area contributed by atoms with E-state index < -0.39 is 11.7 Å². The number of aryl methyl sites for hydroxylation is 2. The number of hydrogen-bond donors (Lipinski definition) is 1. The Hall–Kier alpha value is -0.860. The van der Waals surface area contributed by atoms with Crippen LogP contribution < -0.4 is 0 Å². The van der Waals surface area contributed by atoms with E-state index in [9.17, 15) is 5.11 Å². The maximum Gasteiger partial charge on any atom is 0.0912 e. The third-order valence-corrected chi connectivity index (χ3v) is 3.88. The molecule has 0 bridgehead atoms. The highest BCUT2D eigenvalue weighted by atomic mass is 16.5. The van der Waals surface area contributed by atoms with Crippen molar-refractivity contribution in [1.82, 2.24) is 0 Å². The molecule has 0 saturated carbocycles. The molecule has 0 radical (unpaired) electrons. The molecule has 1 aromatic rings. The monoisotopic (exact) mass is 250 g/mol. The Morgan fingerprint density at radius 2 is 1.89 bits per heavy atom. The van der Waals surface area contributed by atoms with Gasteiger partial charge in [0.2, 0.25) is 0 Å². The lowest BCUT2D eigenvalue weighted by Gasteiger charge is -2.33. The molecular formula is C16H26O2. The van der Waals surface area contributed by atoms with Crippen LogP contribution in [0.1, 0.15) is 43.9 Å². The third kappa shape index (κ3) is 3.56. The first-order chi connectivity index (χ1) is 8.42. The quantitative estimate of drug-likeness (QED) is 0.838. The van der Waals surface area contributed by atoms with Crippen molar-refractivity contribution in [1.29, 1.82) is 0 Å². The number of benzene rings is 1. The van der Waals surface area contributed by atoms with Gasteiger partial charge >= 0.3 is 0 Å². The van der Waals surface area contributed by atoms with Crippen LogP contribution in [0, 0.1) is 13.8 Å². The van der Waals surface area contributed by atoms with E-state index >= 15 is 0 Å². The fraction of sp³-hybridized carbons (Fsp3) is 0.625. The van der Waals surface area contributed by atoms with Gasteiger partial charge in [0.25, 0.3) is 0 Å². The Morgan fingerprint density at radius 3 is 2.39 bits per heavy atom. The Labute approximate surface area is 111 Å². The number of aliphatic hydroxyl groups excluding tert-OH is 1. The van der Waals surface area contributed by atoms with Gasteiger partial charge in [-0.2, -0.15) is 0 Å². The largest absolute Gasteiger partial charge is 0.390 e. The van der Waals surface area contributed by atoms with E-state index in [1.54, 1.807) is 0 Å². The van der Waals surface area contributed by atoms with Crippen LogP contribution in [0.4, 0.5) is 0 Å². The molecule has 0 aliphatic carbocycles. The molecule has 2 unspecified atom stereocenters. The summed E-state index contributed by atoms with van der Waals surface area (Å²) in [4.78, 5) is 0. The van der Waals surface area contributed by atoms with Gasteiger partial charge in [-0.1, -0.05) is 25.1 Å². The zero-order chi connectivity index (χ0) is 13.8. The molecule has 2 heteroatoms. The lowest BCUT2D eigenvalue weighted by atomic mass is 9.90. The predicted octanol–water partition coefficient (Wildman–Crippen LogP) is 3.41. The second-order valence-corrected chi connectivity index (χ2v) is 5.24. The third-order valence-electron chi connectivity index (χ3n) is 3.88. The van der Waals surface area contributed by atoms with Gasteiger partial charge in [-0.15, -0.1) is 0 Å². The highest BCUT2D eigenvalue weighted by Crippen LogP contribution is 2.23. The molecule has 0 aromatic heterocycles. The normalized spacial score (nSPS) is 16.3. The summed E-state index contributed by atoms with van der Waals surface area (Å²) >= 11 is 0. The Morgan fingerprint density at radius 1 is 1.22 bits per heavy atom. The Bertz CT molecular complexity index is 387. The van der Waals surface area contributed by atoms with E-state index in [2.05, 4.69) is 39.0 Å². The van der Waals surface area contributed by atoms with E-state index in [1.807, 2.05) is 13.8 Å². The van der Waals surface area contributed by atoms with Crippen molar-refractivity contribution in [3.63, 3.8) is 0 Å². The molecule has 0 amide bonds. The molecule has 1 aromatic carbocycles. The summed E-state index contributed by atoms with van der Waals surface area (Å²) in [6.07, 6.45) is 0.989. The minimum absolute atomic E-state index is 0.451. The average Bonchev–Trinajstić information content (AvgIpc) is 2.34. The van der Waals surface area contributed by atoms with Gasteiger partial charge in [-0.25, -0.2) is 0 Å². The molecule has 0 aliphatic heterocycles. The van der Waals surface area contributed by atoms with Gasteiger partial charge in [0, 0.05) is 13.0 Å². The summed E-state index contributed by atoms with van der Waals surface area (Å²) in [5.74, 6) is 0. The number of aliphatic hydroxyl groups is 1. The number of hydrogen-bond acceptors (Lipinski definition) is 2. The lowest BCUT2D eigenvalue weighted by Crippen LogP contribution is -2.42. The van der Waals surface area contributed by atoms with Crippen molar-refractivity contribution >= 4 is 0 Å². The van der Waals surface area contributed by atoms with E-state index in [-0.39, 0.29) is 0 Å². The fourth-order valence-electron chi connectivity index (χ4n) is 2.13. The number of ether oxygens (including phenoxy) is 1. The minimum atomic E-state index is -0.468. The Balaban J connectivity index is 2.79. The smallest absolute Gasteiger partial charge is 0.0912 e. The van der Waals surface area contributed by atoms with Crippen molar-refractivity contribution in [3.8, 4) is 0 Å². The van der Waals surface area contributed by atoms with Crippen molar-refractivity contribution in [2.75, 3.05) is 6.61 Å². The maximum absolute atomic E-state index is 10.4. The van der Waals surface area contributed by atoms with Gasteiger partial charge in [0.05, 0.1) is 11.7 Å². The summed E-state index contributed by atoms with van der Waals surface area (Å²) in [5, 5.41) is 10.4. The van der Waals surface area contributed by atoms with Crippen LogP contribution in [0.2, 0.25) is 0 Å². The molecule has 0 saturated heterocycles. The molecule has 2 atom stereocenters. The van der Waals surface area contributed by atoms with Gasteiger partial charge in [0.15, 0.2) is 0 Å². The molecule has 0 heterocycles. The maximum atomic E-state index is 10.4. The van der Waals surface area contributed by atoms with Crippen LogP contribution >= 0.6 is 0 Å². The molecule has 102 valence electrons. The molecule has 18 heavy (non-hydrogen) atoms. The molecule has 1 N–H and O–H groups in total. The first-order valence-corrected chi connectivity index (χ1v) is 6.81. The summed E-state index contributed by atoms with van der Waals surface area (Å²) < 4.78 is 5.72. The van der Waals surface area contributed by atoms with Crippen LogP contribution in [0.3, 0.4) is 0 Å². The lowest BCUT2D eigenvalue weighted by molar-refractivity contribution is -0.110. The van der Waals surface area contributed by atoms with E-state index in [4.69, 9.17) is 4.74 Å². The summed E-state index contributed by atoms with van der Waals surface area (Å²) in [6, 6.07) is 6.36. The fourth-order valence-corrected chi connectivity index (χ4v) is 2.13. The molecule has 0 fully saturated rings. The molecule has 0 aliphatic rings. The van der Waals surface area contributed by atoms with Crippen LogP contribution in [0.15, 0.2) is 18.2 Å². The van der Waals surface area contributed by atoms with E-state index in [1.165, 1.54) is 16.7 Å². The number of rotatable bonds is 6. The second kappa shape index (κ2) is 6.35. The van der Waals surface area contributed by atoms with Crippen molar-refractivity contribution < 1.29 is 9.84 Å². The topological polar surface area (TPSA) is 29.5 Å². The molecule has 1 rings (SSSR count). The van der Waals surface area contributed by atoms with Crippen LogP contribution in [0.5, 0.6) is 0 Å². The first kappa shape index (κ1) is 15.2. The minimum Gasteiger partial charge on any atom is -0.390 e. The van der Waals surface area contributed by atoms with Gasteiger partial charge in [0.1, 0.15) is 0 Å². The zero-order valence-corrected chi connectivity index (χ0v) is 12.3. The van der Waals surface area contributed by atoms with Gasteiger partial charge in [-0.05, 0) is 50.8 Å². The standard InChI is InChI=1S/C16H26O2/c1-6-16(5,18-7-2)15(17)11-14-9-8-12(3)13(4)10-14/h8-10,15,17H,6-7,11H2,1-5H3. The van der Waals surface area contributed by atoms with Crippen molar-refractivity contribution in [2.45, 2.75) is 59.2 Å². The van der Waals surface area contributed by atoms with Crippen molar-refractivity contribution in [2.24, 2.45) is 0 Å². The van der Waals surface area contributed by atoms with Crippen LogP contribution in [0.25, 0.3) is 0 Å². The van der Waals surface area contributed by atoms with E-state index in [0.717, 1.165) is 6.42 Å². The van der Waals surface area contributed by atoms with Crippen LogP contribution in [-0.2, 0) is 11.2 Å². The van der Waals surface area contributed by atoms with E-state index in [0.29, 0.717) is 13.0 Å². The van der Waals surface area contributed by atoms with Gasteiger partial charge in [-0.3, -0.25) is 0 Å². The molecule has 0 spiro atoms. The average molecular weight is 250 g/mol. The second-order valence-electron chi connectivity index (χ2n) is 5.24. The SMILES string of the molecule is CCOC(C)(CC)C(O)Cc1ccc(C)c(C)c1. The van der Waals surface area contributed by atoms with Crippen LogP contribution in [-0.4, -0.2) is 23.4 Å². The zero-order valence-electron chi connectivity index (χ0n) is 12.3. The first-order valence-electron chi connectivity index (χ1n) is 6.81. The molecular weight excluding hydrogens is 224 g/mol. The van der Waals surface area contributed by atoms with Gasteiger partial charge < -0.3 is 9.84 Å². The Kier molecular flexibility index (Phi) is 5.36. The molecule has 2 nitrogen and oxygen atoms in total. The summed E-state index contributed by atoms with van der Waals surface area (Å²) in [7, 11) is 0. The predicted molar refractivity (Wildman–Crippen MR) is 75.9 cm³/mol. The summed E-state index contributed by atoms with van der Waals surface area (Å²) in [6.45, 7) is 10.9. The van der Waals surface area contributed by atoms with Crippen molar-refractivity contribution in [3.05, 3.63) is 34.9 Å². The highest BCUT2D eigenvalue weighted by molar-refractivity contribution is 5.30. The summed E-state index contributed by atoms with van der Waals surface area (Å²) in [5.41, 5.74) is 3.28.